The molecule has 0 aromatic heterocycles. The van der Waals surface area contributed by atoms with E-state index < -0.39 is 11.8 Å². The molecule has 0 saturated heterocycles. The summed E-state index contributed by atoms with van der Waals surface area (Å²) in [6, 6.07) is 10.1. The van der Waals surface area contributed by atoms with Crippen molar-refractivity contribution in [1.29, 1.82) is 0 Å². The lowest BCUT2D eigenvalue weighted by Crippen LogP contribution is -2.15. The van der Waals surface area contributed by atoms with Gasteiger partial charge >= 0.3 is 5.97 Å². The van der Waals surface area contributed by atoms with Gasteiger partial charge in [0, 0.05) is 6.07 Å². The Kier molecular flexibility index (Phi) is 4.97. The average molecular weight is 343 g/mol. The number of ether oxygens (including phenoxy) is 1. The van der Waals surface area contributed by atoms with E-state index in [4.69, 9.17) is 9.84 Å². The van der Waals surface area contributed by atoms with Crippen LogP contribution in [0.4, 0.5) is 10.1 Å². The van der Waals surface area contributed by atoms with Gasteiger partial charge in [-0.15, -0.1) is 0 Å². The molecule has 2 aromatic rings. The maximum Gasteiger partial charge on any atom is 0.335 e. The average Bonchev–Trinajstić information content (AvgIpc) is 3.40. The summed E-state index contributed by atoms with van der Waals surface area (Å²) < 4.78 is 19.0. The fourth-order valence-corrected chi connectivity index (χ4v) is 2.36. The van der Waals surface area contributed by atoms with Gasteiger partial charge in [-0.1, -0.05) is 12.1 Å². The normalized spacial score (nSPS) is 13.3. The Morgan fingerprint density at radius 3 is 2.52 bits per heavy atom. The van der Waals surface area contributed by atoms with Crippen molar-refractivity contribution < 1.29 is 23.8 Å². The molecule has 0 heterocycles. The summed E-state index contributed by atoms with van der Waals surface area (Å²) in [6.45, 7) is 0.517. The van der Waals surface area contributed by atoms with Crippen LogP contribution in [0.5, 0.6) is 5.75 Å². The summed E-state index contributed by atoms with van der Waals surface area (Å²) in [5, 5.41) is 11.6. The number of anilines is 1. The molecule has 25 heavy (non-hydrogen) atoms. The minimum absolute atomic E-state index is 0.0827. The molecule has 2 N–H and O–H groups in total. The second kappa shape index (κ2) is 7.34. The van der Waals surface area contributed by atoms with Crippen LogP contribution < -0.4 is 10.1 Å². The summed E-state index contributed by atoms with van der Waals surface area (Å²) >= 11 is 0. The number of aromatic carboxylic acids is 1. The molecule has 0 radical (unpaired) electrons. The van der Waals surface area contributed by atoms with E-state index in [2.05, 4.69) is 5.32 Å². The van der Waals surface area contributed by atoms with Crippen LogP contribution in [0.3, 0.4) is 0 Å². The van der Waals surface area contributed by atoms with Crippen molar-refractivity contribution in [3.05, 3.63) is 59.4 Å². The summed E-state index contributed by atoms with van der Waals surface area (Å²) in [7, 11) is 0. The number of rotatable bonds is 7. The van der Waals surface area contributed by atoms with Crippen LogP contribution in [0, 0.1) is 11.7 Å². The van der Waals surface area contributed by atoms with Crippen LogP contribution in [0.2, 0.25) is 0 Å². The summed E-state index contributed by atoms with van der Waals surface area (Å²) in [5.41, 5.74) is 1.28. The van der Waals surface area contributed by atoms with Crippen LogP contribution in [-0.2, 0) is 11.2 Å². The van der Waals surface area contributed by atoms with E-state index >= 15 is 0 Å². The number of nitrogens with one attached hydrogen (secondary N) is 1. The van der Waals surface area contributed by atoms with E-state index in [1.165, 1.54) is 30.3 Å². The van der Waals surface area contributed by atoms with E-state index in [1.54, 1.807) is 12.1 Å². The molecule has 0 aliphatic heterocycles. The molecule has 0 bridgehead atoms. The lowest BCUT2D eigenvalue weighted by atomic mass is 10.1. The van der Waals surface area contributed by atoms with Gasteiger partial charge in [-0.3, -0.25) is 4.79 Å². The molecule has 0 unspecified atom stereocenters. The molecule has 0 spiro atoms. The number of hydrogen-bond acceptors (Lipinski definition) is 3. The first kappa shape index (κ1) is 17.0. The predicted octanol–water partition coefficient (Wildman–Crippen LogP) is 3.49. The van der Waals surface area contributed by atoms with Crippen LogP contribution in [0.25, 0.3) is 0 Å². The number of halogens is 1. The van der Waals surface area contributed by atoms with Crippen molar-refractivity contribution in [2.75, 3.05) is 11.9 Å². The van der Waals surface area contributed by atoms with Crippen molar-refractivity contribution in [2.45, 2.75) is 19.3 Å². The summed E-state index contributed by atoms with van der Waals surface area (Å²) in [5.74, 6) is -0.889. The van der Waals surface area contributed by atoms with E-state index in [0.29, 0.717) is 29.5 Å². The SMILES string of the molecule is O=C(Cc1ccc(C(=O)O)cc1)Nc1ccc(F)cc1OCC1CC1. The maximum absolute atomic E-state index is 13.4. The molecule has 3 rings (SSSR count). The molecule has 1 fully saturated rings. The Labute approximate surface area is 144 Å². The van der Waals surface area contributed by atoms with Gasteiger partial charge in [0.2, 0.25) is 5.91 Å². The third-order valence-electron chi connectivity index (χ3n) is 3.95. The maximum atomic E-state index is 13.4. The quantitative estimate of drug-likeness (QED) is 0.807. The monoisotopic (exact) mass is 343 g/mol. The second-order valence-corrected chi connectivity index (χ2v) is 6.12. The highest BCUT2D eigenvalue weighted by Gasteiger charge is 2.22. The zero-order valence-electron chi connectivity index (χ0n) is 13.5. The van der Waals surface area contributed by atoms with Crippen molar-refractivity contribution in [1.82, 2.24) is 0 Å². The fraction of sp³-hybridized carbons (Fsp3) is 0.263. The number of hydrogen-bond donors (Lipinski definition) is 2. The number of benzene rings is 2. The molecule has 1 aliphatic rings. The van der Waals surface area contributed by atoms with E-state index in [9.17, 15) is 14.0 Å². The number of carbonyl (C=O) groups excluding carboxylic acids is 1. The minimum atomic E-state index is -1.01. The molecule has 0 atom stereocenters. The highest BCUT2D eigenvalue weighted by atomic mass is 19.1. The van der Waals surface area contributed by atoms with Crippen molar-refractivity contribution in [3.8, 4) is 5.75 Å². The van der Waals surface area contributed by atoms with Gasteiger partial charge in [-0.2, -0.15) is 0 Å². The first-order valence-corrected chi connectivity index (χ1v) is 8.05. The number of carboxylic acid groups (broad SMARTS) is 1. The molecular formula is C19H18FNO4. The van der Waals surface area contributed by atoms with E-state index in [1.807, 2.05) is 0 Å². The standard InChI is InChI=1S/C19H18FNO4/c20-15-7-8-16(17(10-15)25-11-13-1-2-13)21-18(22)9-12-3-5-14(6-4-12)19(23)24/h3-8,10,13H,1-2,9,11H2,(H,21,22)(H,23,24). The molecule has 5 nitrogen and oxygen atoms in total. The Morgan fingerprint density at radius 2 is 1.88 bits per heavy atom. The van der Waals surface area contributed by atoms with Crippen LogP contribution >= 0.6 is 0 Å². The van der Waals surface area contributed by atoms with Crippen molar-refractivity contribution in [2.24, 2.45) is 5.92 Å². The first-order valence-electron chi connectivity index (χ1n) is 8.05. The number of amides is 1. The number of carbonyl (C=O) groups is 2. The Morgan fingerprint density at radius 1 is 1.16 bits per heavy atom. The van der Waals surface area contributed by atoms with Gasteiger partial charge in [-0.25, -0.2) is 9.18 Å². The van der Waals surface area contributed by atoms with Crippen molar-refractivity contribution >= 4 is 17.6 Å². The van der Waals surface area contributed by atoms with E-state index in [0.717, 1.165) is 12.8 Å². The zero-order chi connectivity index (χ0) is 17.8. The van der Waals surface area contributed by atoms with Crippen molar-refractivity contribution in [3.63, 3.8) is 0 Å². The molecule has 1 saturated carbocycles. The second-order valence-electron chi connectivity index (χ2n) is 6.12. The first-order chi connectivity index (χ1) is 12.0. The Hall–Kier alpha value is -2.89. The molecule has 1 aliphatic carbocycles. The van der Waals surface area contributed by atoms with Gasteiger partial charge < -0.3 is 15.2 Å². The third-order valence-corrected chi connectivity index (χ3v) is 3.95. The van der Waals surface area contributed by atoms with Gasteiger partial charge in [-0.05, 0) is 48.6 Å². The molecule has 130 valence electrons. The lowest BCUT2D eigenvalue weighted by molar-refractivity contribution is -0.115. The van der Waals surface area contributed by atoms with Gasteiger partial charge in [0.05, 0.1) is 24.3 Å². The topological polar surface area (TPSA) is 75.6 Å². The lowest BCUT2D eigenvalue weighted by Gasteiger charge is -2.12. The zero-order valence-corrected chi connectivity index (χ0v) is 13.5. The number of carboxylic acids is 1. The highest BCUT2D eigenvalue weighted by Crippen LogP contribution is 2.32. The minimum Gasteiger partial charge on any atom is -0.491 e. The van der Waals surface area contributed by atoms with Crippen LogP contribution in [0.15, 0.2) is 42.5 Å². The summed E-state index contributed by atoms with van der Waals surface area (Å²) in [4.78, 5) is 23.0. The highest BCUT2D eigenvalue weighted by molar-refractivity contribution is 5.94. The van der Waals surface area contributed by atoms with Crippen LogP contribution in [-0.4, -0.2) is 23.6 Å². The molecule has 1 amide bonds. The fourth-order valence-electron chi connectivity index (χ4n) is 2.36. The molecule has 6 heteroatoms. The summed E-state index contributed by atoms with van der Waals surface area (Å²) in [6.07, 6.45) is 2.31. The van der Waals surface area contributed by atoms with E-state index in [-0.39, 0.29) is 17.9 Å². The Balaban J connectivity index is 1.64. The Bertz CT molecular complexity index is 785. The van der Waals surface area contributed by atoms with Crippen LogP contribution in [0.1, 0.15) is 28.8 Å². The molecular weight excluding hydrogens is 325 g/mol. The van der Waals surface area contributed by atoms with Gasteiger partial charge in [0.25, 0.3) is 0 Å². The molecule has 2 aromatic carbocycles. The largest absolute Gasteiger partial charge is 0.491 e. The predicted molar refractivity (Wildman–Crippen MR) is 90.4 cm³/mol. The van der Waals surface area contributed by atoms with Gasteiger partial charge in [0.1, 0.15) is 11.6 Å². The third kappa shape index (κ3) is 4.79. The smallest absolute Gasteiger partial charge is 0.335 e. The van der Waals surface area contributed by atoms with Gasteiger partial charge in [0.15, 0.2) is 0 Å².